The minimum absolute atomic E-state index is 0.0281. The Balaban J connectivity index is 1.56. The number of piperidine rings is 1. The van der Waals surface area contributed by atoms with Crippen LogP contribution in [0.1, 0.15) is 31.4 Å². The largest absolute Gasteiger partial charge is 0.349 e. The molecule has 2 aromatic rings. The molecule has 1 heterocycles. The Hall–Kier alpha value is -2.53. The van der Waals surface area contributed by atoms with Gasteiger partial charge in [-0.1, -0.05) is 41.9 Å². The van der Waals surface area contributed by atoms with E-state index in [9.17, 15) is 9.59 Å². The molecule has 3 rings (SSSR count). The summed E-state index contributed by atoms with van der Waals surface area (Å²) < 4.78 is 0. The van der Waals surface area contributed by atoms with Crippen molar-refractivity contribution in [1.29, 1.82) is 0 Å². The van der Waals surface area contributed by atoms with E-state index in [0.717, 1.165) is 24.1 Å². The molecule has 3 amide bonds. The molecule has 1 fully saturated rings. The lowest BCUT2D eigenvalue weighted by Crippen LogP contribution is -2.47. The van der Waals surface area contributed by atoms with Crippen LogP contribution in [0, 0.1) is 5.92 Å². The third kappa shape index (κ3) is 5.23. The zero-order valence-electron chi connectivity index (χ0n) is 15.3. The first-order valence-corrected chi connectivity index (χ1v) is 9.57. The monoisotopic (exact) mass is 385 g/mol. The van der Waals surface area contributed by atoms with Gasteiger partial charge in [-0.2, -0.15) is 0 Å². The van der Waals surface area contributed by atoms with Crippen molar-refractivity contribution in [3.05, 3.63) is 65.2 Å². The van der Waals surface area contributed by atoms with E-state index < -0.39 is 0 Å². The second-order valence-corrected chi connectivity index (χ2v) is 7.30. The van der Waals surface area contributed by atoms with Gasteiger partial charge in [0.2, 0.25) is 5.91 Å². The van der Waals surface area contributed by atoms with Crippen LogP contribution < -0.4 is 10.6 Å². The number of carbonyl (C=O) groups is 2. The van der Waals surface area contributed by atoms with E-state index in [-0.39, 0.29) is 23.9 Å². The van der Waals surface area contributed by atoms with Crippen molar-refractivity contribution in [3.8, 4) is 0 Å². The molecular formula is C21H24ClN3O2. The molecule has 1 aliphatic heterocycles. The number of rotatable bonds is 4. The van der Waals surface area contributed by atoms with Gasteiger partial charge in [-0.15, -0.1) is 0 Å². The number of hydrogen-bond donors (Lipinski definition) is 2. The summed E-state index contributed by atoms with van der Waals surface area (Å²) in [6.45, 7) is 3.02. The van der Waals surface area contributed by atoms with Crippen LogP contribution in [0.4, 0.5) is 10.5 Å². The second kappa shape index (κ2) is 8.91. The first-order chi connectivity index (χ1) is 13.0. The second-order valence-electron chi connectivity index (χ2n) is 6.87. The molecule has 0 aromatic heterocycles. The molecule has 1 saturated heterocycles. The molecule has 27 heavy (non-hydrogen) atoms. The number of urea groups is 1. The van der Waals surface area contributed by atoms with Gasteiger partial charge in [0, 0.05) is 23.8 Å². The van der Waals surface area contributed by atoms with Gasteiger partial charge < -0.3 is 15.5 Å². The number of amides is 3. The SMILES string of the molecule is C[C@H](NC(=O)[C@@H]1CCCN(C(=O)Nc2ccccc2)C1)c1cccc(Cl)c1. The molecule has 0 saturated carbocycles. The fraction of sp³-hybridized carbons (Fsp3) is 0.333. The average molecular weight is 386 g/mol. The summed E-state index contributed by atoms with van der Waals surface area (Å²) in [5, 5.41) is 6.58. The Bertz CT molecular complexity index is 797. The molecule has 1 aliphatic rings. The average Bonchev–Trinajstić information content (AvgIpc) is 2.68. The van der Waals surface area contributed by atoms with Crippen molar-refractivity contribution in [2.24, 2.45) is 5.92 Å². The number of para-hydroxylation sites is 1. The van der Waals surface area contributed by atoms with Crippen LogP contribution in [0.15, 0.2) is 54.6 Å². The highest BCUT2D eigenvalue weighted by molar-refractivity contribution is 6.30. The zero-order valence-corrected chi connectivity index (χ0v) is 16.1. The Kier molecular flexibility index (Phi) is 6.35. The number of halogens is 1. The summed E-state index contributed by atoms with van der Waals surface area (Å²) in [5.74, 6) is -0.235. The van der Waals surface area contributed by atoms with Crippen LogP contribution in [0.3, 0.4) is 0 Å². The summed E-state index contributed by atoms with van der Waals surface area (Å²) in [7, 11) is 0. The van der Waals surface area contributed by atoms with Gasteiger partial charge in [-0.3, -0.25) is 4.79 Å². The van der Waals surface area contributed by atoms with Crippen LogP contribution >= 0.6 is 11.6 Å². The minimum atomic E-state index is -0.207. The van der Waals surface area contributed by atoms with Gasteiger partial charge >= 0.3 is 6.03 Å². The highest BCUT2D eigenvalue weighted by Crippen LogP contribution is 2.21. The summed E-state index contributed by atoms with van der Waals surface area (Å²) in [5.41, 5.74) is 1.72. The highest BCUT2D eigenvalue weighted by Gasteiger charge is 2.29. The maximum atomic E-state index is 12.7. The van der Waals surface area contributed by atoms with Crippen molar-refractivity contribution in [2.45, 2.75) is 25.8 Å². The standard InChI is InChI=1S/C21H24ClN3O2/c1-15(16-7-5-9-18(22)13-16)23-20(26)17-8-6-12-25(14-17)21(27)24-19-10-3-2-4-11-19/h2-5,7,9-11,13,15,17H,6,8,12,14H2,1H3,(H,23,26)(H,24,27)/t15-,17+/m0/s1. The summed E-state index contributed by atoms with van der Waals surface area (Å²) in [4.78, 5) is 26.9. The zero-order chi connectivity index (χ0) is 19.2. The first kappa shape index (κ1) is 19.2. The van der Waals surface area contributed by atoms with Crippen molar-refractivity contribution < 1.29 is 9.59 Å². The smallest absolute Gasteiger partial charge is 0.321 e. The highest BCUT2D eigenvalue weighted by atomic mass is 35.5. The normalized spacial score (nSPS) is 17.9. The molecule has 2 N–H and O–H groups in total. The molecule has 0 bridgehead atoms. The Morgan fingerprint density at radius 2 is 1.93 bits per heavy atom. The van der Waals surface area contributed by atoms with Gasteiger partial charge in [0.05, 0.1) is 12.0 Å². The quantitative estimate of drug-likeness (QED) is 0.816. The van der Waals surface area contributed by atoms with Crippen molar-refractivity contribution in [1.82, 2.24) is 10.2 Å². The van der Waals surface area contributed by atoms with Crippen molar-refractivity contribution >= 4 is 29.2 Å². The molecule has 2 aromatic carbocycles. The third-order valence-electron chi connectivity index (χ3n) is 4.81. The first-order valence-electron chi connectivity index (χ1n) is 9.20. The van der Waals surface area contributed by atoms with E-state index in [0.29, 0.717) is 18.1 Å². The van der Waals surface area contributed by atoms with E-state index in [4.69, 9.17) is 11.6 Å². The van der Waals surface area contributed by atoms with Crippen LogP contribution in [-0.2, 0) is 4.79 Å². The van der Waals surface area contributed by atoms with E-state index in [1.807, 2.05) is 61.5 Å². The molecule has 0 unspecified atom stereocenters. The van der Waals surface area contributed by atoms with Gasteiger partial charge in [0.1, 0.15) is 0 Å². The van der Waals surface area contributed by atoms with Gasteiger partial charge in [0.15, 0.2) is 0 Å². The molecule has 142 valence electrons. The number of nitrogens with one attached hydrogen (secondary N) is 2. The van der Waals surface area contributed by atoms with Crippen LogP contribution in [-0.4, -0.2) is 29.9 Å². The number of likely N-dealkylation sites (tertiary alicyclic amines) is 1. The summed E-state index contributed by atoms with van der Waals surface area (Å²) in [6.07, 6.45) is 1.59. The lowest BCUT2D eigenvalue weighted by atomic mass is 9.96. The van der Waals surface area contributed by atoms with E-state index >= 15 is 0 Å². The van der Waals surface area contributed by atoms with Gasteiger partial charge in [0.25, 0.3) is 0 Å². The lowest BCUT2D eigenvalue weighted by molar-refractivity contribution is -0.126. The number of anilines is 1. The molecular weight excluding hydrogens is 362 g/mol. The van der Waals surface area contributed by atoms with E-state index in [1.165, 1.54) is 0 Å². The number of hydrogen-bond acceptors (Lipinski definition) is 2. The maximum absolute atomic E-state index is 12.7. The molecule has 0 radical (unpaired) electrons. The molecule has 6 heteroatoms. The van der Waals surface area contributed by atoms with Crippen LogP contribution in [0.5, 0.6) is 0 Å². The Morgan fingerprint density at radius 3 is 2.67 bits per heavy atom. The third-order valence-corrected chi connectivity index (χ3v) is 5.05. The molecule has 5 nitrogen and oxygen atoms in total. The van der Waals surface area contributed by atoms with Crippen molar-refractivity contribution in [2.75, 3.05) is 18.4 Å². The van der Waals surface area contributed by atoms with Crippen LogP contribution in [0.25, 0.3) is 0 Å². The number of benzene rings is 2. The van der Waals surface area contributed by atoms with E-state index in [1.54, 1.807) is 4.90 Å². The number of carbonyl (C=O) groups excluding carboxylic acids is 2. The van der Waals surface area contributed by atoms with Crippen LogP contribution in [0.2, 0.25) is 5.02 Å². The Morgan fingerprint density at radius 1 is 1.15 bits per heavy atom. The summed E-state index contributed by atoms with van der Waals surface area (Å²) in [6, 6.07) is 16.5. The number of nitrogens with zero attached hydrogens (tertiary/aromatic N) is 1. The fourth-order valence-corrected chi connectivity index (χ4v) is 3.49. The minimum Gasteiger partial charge on any atom is -0.349 e. The predicted molar refractivity (Wildman–Crippen MR) is 108 cm³/mol. The molecule has 2 atom stereocenters. The maximum Gasteiger partial charge on any atom is 0.321 e. The lowest BCUT2D eigenvalue weighted by Gasteiger charge is -2.32. The molecule has 0 spiro atoms. The topological polar surface area (TPSA) is 61.4 Å². The van der Waals surface area contributed by atoms with Crippen molar-refractivity contribution in [3.63, 3.8) is 0 Å². The Labute approximate surface area is 164 Å². The van der Waals surface area contributed by atoms with Gasteiger partial charge in [-0.25, -0.2) is 4.79 Å². The molecule has 0 aliphatic carbocycles. The summed E-state index contributed by atoms with van der Waals surface area (Å²) >= 11 is 6.03. The fourth-order valence-electron chi connectivity index (χ4n) is 3.29. The van der Waals surface area contributed by atoms with E-state index in [2.05, 4.69) is 10.6 Å². The van der Waals surface area contributed by atoms with Gasteiger partial charge in [-0.05, 0) is 49.6 Å². The predicted octanol–water partition coefficient (Wildman–Crippen LogP) is 4.46.